The van der Waals surface area contributed by atoms with E-state index in [4.69, 9.17) is 23.2 Å². The summed E-state index contributed by atoms with van der Waals surface area (Å²) in [6.07, 6.45) is -0.0752. The number of nitrogens with one attached hydrogen (secondary N) is 2. The molecule has 0 bridgehead atoms. The summed E-state index contributed by atoms with van der Waals surface area (Å²) in [5.74, 6) is 0.118. The Kier molecular flexibility index (Phi) is 4.78. The number of aryl methyl sites for hydroxylation is 1. The van der Waals surface area contributed by atoms with Crippen LogP contribution in [0.2, 0.25) is 10.0 Å². The fourth-order valence-electron chi connectivity index (χ4n) is 2.94. The Morgan fingerprint density at radius 1 is 1.18 bits per heavy atom. The highest BCUT2D eigenvalue weighted by Gasteiger charge is 2.35. The number of hydrogen-bond donors (Lipinski definition) is 2. The van der Waals surface area contributed by atoms with E-state index in [9.17, 15) is 9.59 Å². The van der Waals surface area contributed by atoms with Gasteiger partial charge < -0.3 is 5.32 Å². The van der Waals surface area contributed by atoms with Crippen LogP contribution in [0.15, 0.2) is 42.5 Å². The lowest BCUT2D eigenvalue weighted by Gasteiger charge is -2.11. The molecule has 0 aliphatic carbocycles. The predicted octanol–water partition coefficient (Wildman–Crippen LogP) is 4.08. The highest BCUT2D eigenvalue weighted by atomic mass is 35.5. The van der Waals surface area contributed by atoms with E-state index in [2.05, 4.69) is 20.7 Å². The molecule has 3 aromatic rings. The summed E-state index contributed by atoms with van der Waals surface area (Å²) in [5, 5.41) is 11.0. The highest BCUT2D eigenvalue weighted by molar-refractivity contribution is 6.31. The van der Waals surface area contributed by atoms with E-state index in [1.54, 1.807) is 36.4 Å². The number of anilines is 2. The van der Waals surface area contributed by atoms with Crippen molar-refractivity contribution in [2.75, 3.05) is 10.6 Å². The van der Waals surface area contributed by atoms with Crippen molar-refractivity contribution in [3.8, 4) is 11.4 Å². The smallest absolute Gasteiger partial charge is 0.252 e. The number of nitrogens with zero attached hydrogens (tertiary/aromatic N) is 3. The van der Waals surface area contributed by atoms with Crippen LogP contribution in [0.3, 0.4) is 0 Å². The minimum Gasteiger partial charge on any atom is -0.326 e. The Bertz CT molecular complexity index is 1080. The van der Waals surface area contributed by atoms with E-state index in [1.165, 1.54) is 4.68 Å². The zero-order valence-electron chi connectivity index (χ0n) is 14.7. The topological polar surface area (TPSA) is 88.9 Å². The Labute approximate surface area is 170 Å². The van der Waals surface area contributed by atoms with E-state index in [1.807, 2.05) is 13.0 Å². The maximum Gasteiger partial charge on any atom is 0.252 e. The molecule has 0 unspecified atom stereocenters. The third-order valence-electron chi connectivity index (χ3n) is 4.42. The summed E-state index contributed by atoms with van der Waals surface area (Å²) in [7, 11) is 0. The zero-order valence-corrected chi connectivity index (χ0v) is 16.3. The van der Waals surface area contributed by atoms with Gasteiger partial charge in [0.2, 0.25) is 11.9 Å². The number of carbonyl (C=O) groups excluding carboxylic acids is 2. The molecule has 4 rings (SSSR count). The fourth-order valence-corrected chi connectivity index (χ4v) is 3.23. The third-order valence-corrected chi connectivity index (χ3v) is 4.91. The molecule has 0 fully saturated rings. The monoisotopic (exact) mass is 415 g/mol. The van der Waals surface area contributed by atoms with Gasteiger partial charge in [0.25, 0.3) is 5.91 Å². The van der Waals surface area contributed by atoms with Crippen LogP contribution >= 0.6 is 23.2 Å². The molecule has 0 saturated carbocycles. The Hall–Kier alpha value is -2.90. The van der Waals surface area contributed by atoms with Crippen molar-refractivity contribution in [2.24, 2.45) is 0 Å². The summed E-state index contributed by atoms with van der Waals surface area (Å²) >= 11 is 11.9. The minimum atomic E-state index is -0.775. The van der Waals surface area contributed by atoms with Crippen molar-refractivity contribution in [2.45, 2.75) is 19.4 Å². The van der Waals surface area contributed by atoms with Crippen molar-refractivity contribution in [3.05, 3.63) is 58.1 Å². The number of benzene rings is 2. The summed E-state index contributed by atoms with van der Waals surface area (Å²) in [6.45, 7) is 1.86. The van der Waals surface area contributed by atoms with Gasteiger partial charge in [-0.3, -0.25) is 14.9 Å². The fraction of sp³-hybridized carbons (Fsp3) is 0.158. The lowest BCUT2D eigenvalue weighted by molar-refractivity contribution is -0.123. The molecule has 1 aromatic heterocycles. The Morgan fingerprint density at radius 2 is 1.89 bits per heavy atom. The molecule has 9 heteroatoms. The van der Waals surface area contributed by atoms with Gasteiger partial charge in [-0.05, 0) is 48.9 Å². The van der Waals surface area contributed by atoms with Crippen molar-refractivity contribution in [1.29, 1.82) is 0 Å². The summed E-state index contributed by atoms with van der Waals surface area (Å²) in [6, 6.07) is 11.5. The molecule has 7 nitrogen and oxygen atoms in total. The van der Waals surface area contributed by atoms with Crippen LogP contribution in [0.5, 0.6) is 0 Å². The lowest BCUT2D eigenvalue weighted by atomic mass is 10.1. The number of hydrogen-bond acceptors (Lipinski definition) is 4. The first-order valence-electron chi connectivity index (χ1n) is 8.50. The zero-order chi connectivity index (χ0) is 19.8. The van der Waals surface area contributed by atoms with Gasteiger partial charge in [0.15, 0.2) is 5.82 Å². The second-order valence-corrected chi connectivity index (χ2v) is 7.30. The number of aromatic nitrogens is 3. The van der Waals surface area contributed by atoms with Gasteiger partial charge >= 0.3 is 0 Å². The number of halogens is 2. The number of amides is 2. The van der Waals surface area contributed by atoms with Crippen LogP contribution in [0.25, 0.3) is 11.4 Å². The molecule has 28 heavy (non-hydrogen) atoms. The third kappa shape index (κ3) is 3.58. The average Bonchev–Trinajstić information content (AvgIpc) is 3.18. The molecule has 0 saturated heterocycles. The molecular formula is C19H15Cl2N5O2. The second kappa shape index (κ2) is 7.26. The summed E-state index contributed by atoms with van der Waals surface area (Å²) < 4.78 is 1.44. The van der Waals surface area contributed by atoms with Crippen molar-refractivity contribution in [3.63, 3.8) is 0 Å². The van der Waals surface area contributed by atoms with Crippen LogP contribution in [0.4, 0.5) is 11.6 Å². The highest BCUT2D eigenvalue weighted by Crippen LogP contribution is 2.29. The van der Waals surface area contributed by atoms with Crippen molar-refractivity contribution in [1.82, 2.24) is 14.8 Å². The minimum absolute atomic E-state index is 0.0752. The maximum absolute atomic E-state index is 12.5. The molecule has 1 aliphatic heterocycles. The molecule has 0 spiro atoms. The Morgan fingerprint density at radius 3 is 2.64 bits per heavy atom. The maximum atomic E-state index is 12.5. The normalized spacial score (nSPS) is 15.2. The SMILES string of the molecule is Cc1ccc(Cl)cc1NC(=O)C[C@H]1C(=O)Nc2nc(-c3ccc(Cl)cc3)nn21. The van der Waals surface area contributed by atoms with Crippen molar-refractivity contribution < 1.29 is 9.59 Å². The van der Waals surface area contributed by atoms with Crippen LogP contribution in [-0.2, 0) is 9.59 Å². The lowest BCUT2D eigenvalue weighted by Crippen LogP contribution is -2.24. The van der Waals surface area contributed by atoms with Gasteiger partial charge in [-0.15, -0.1) is 5.10 Å². The largest absolute Gasteiger partial charge is 0.326 e. The van der Waals surface area contributed by atoms with E-state index < -0.39 is 6.04 Å². The summed E-state index contributed by atoms with van der Waals surface area (Å²) in [5.41, 5.74) is 2.25. The number of fused-ring (bicyclic) bond motifs is 1. The first-order chi connectivity index (χ1) is 13.4. The van der Waals surface area contributed by atoms with Crippen LogP contribution in [-0.4, -0.2) is 26.6 Å². The van der Waals surface area contributed by atoms with Gasteiger partial charge in [0.05, 0.1) is 6.42 Å². The van der Waals surface area contributed by atoms with Crippen molar-refractivity contribution >= 4 is 46.7 Å². The van der Waals surface area contributed by atoms with Gasteiger partial charge in [-0.2, -0.15) is 4.98 Å². The van der Waals surface area contributed by atoms with Crippen LogP contribution in [0, 0.1) is 6.92 Å². The quantitative estimate of drug-likeness (QED) is 0.671. The molecule has 2 amide bonds. The molecule has 1 atom stereocenters. The van der Waals surface area contributed by atoms with E-state index >= 15 is 0 Å². The van der Waals surface area contributed by atoms with Crippen LogP contribution in [0.1, 0.15) is 18.0 Å². The number of rotatable bonds is 4. The predicted molar refractivity (Wildman–Crippen MR) is 108 cm³/mol. The first kappa shape index (κ1) is 18.5. The second-order valence-electron chi connectivity index (χ2n) is 6.43. The number of carbonyl (C=O) groups is 2. The van der Waals surface area contributed by atoms with Crippen LogP contribution < -0.4 is 10.6 Å². The van der Waals surface area contributed by atoms with Gasteiger partial charge in [-0.25, -0.2) is 4.68 Å². The molecule has 2 aromatic carbocycles. The van der Waals surface area contributed by atoms with Gasteiger partial charge in [-0.1, -0.05) is 29.3 Å². The molecule has 0 radical (unpaired) electrons. The standard InChI is InChI=1S/C19H15Cl2N5O2/c1-10-2-5-13(21)8-14(10)22-16(27)9-15-18(28)24-19-23-17(25-26(15)19)11-3-6-12(20)7-4-11/h2-8,15H,9H2,1H3,(H,22,27)(H,23,24,25,28)/t15-/m0/s1. The molecule has 2 N–H and O–H groups in total. The average molecular weight is 416 g/mol. The van der Waals surface area contributed by atoms with E-state index in [0.717, 1.165) is 11.1 Å². The summed E-state index contributed by atoms with van der Waals surface area (Å²) in [4.78, 5) is 29.1. The van der Waals surface area contributed by atoms with E-state index in [-0.39, 0.29) is 18.2 Å². The van der Waals surface area contributed by atoms with Gasteiger partial charge in [0.1, 0.15) is 6.04 Å². The molecule has 2 heterocycles. The molecule has 1 aliphatic rings. The molecular weight excluding hydrogens is 401 g/mol. The Balaban J connectivity index is 1.53. The molecule has 142 valence electrons. The van der Waals surface area contributed by atoms with E-state index in [0.29, 0.717) is 27.5 Å². The first-order valence-corrected chi connectivity index (χ1v) is 9.25. The van der Waals surface area contributed by atoms with Gasteiger partial charge in [0, 0.05) is 21.3 Å².